The van der Waals surface area contributed by atoms with Crippen molar-refractivity contribution >= 4 is 21.8 Å². The summed E-state index contributed by atoms with van der Waals surface area (Å²) in [4.78, 5) is 6.76. The zero-order valence-corrected chi connectivity index (χ0v) is 15.3. The Morgan fingerprint density at radius 2 is 1.64 bits per heavy atom. The first-order chi connectivity index (χ1) is 12.1. The molecule has 128 valence electrons. The molecule has 0 fully saturated rings. The molecule has 2 aromatic heterocycles. The van der Waals surface area contributed by atoms with E-state index in [2.05, 4.69) is 85.5 Å². The van der Waals surface area contributed by atoms with Gasteiger partial charge < -0.3 is 9.97 Å². The molecule has 2 heterocycles. The summed E-state index contributed by atoms with van der Waals surface area (Å²) in [5.74, 6) is 0.545. The van der Waals surface area contributed by atoms with Crippen molar-refractivity contribution in [2.45, 2.75) is 44.9 Å². The summed E-state index contributed by atoms with van der Waals surface area (Å²) in [6.07, 6.45) is 6.58. The maximum atomic E-state index is 3.43. The normalized spacial score (nSPS) is 13.6. The van der Waals surface area contributed by atoms with E-state index in [1.807, 2.05) is 6.20 Å². The van der Waals surface area contributed by atoms with Crippen molar-refractivity contribution in [2.24, 2.45) is 0 Å². The van der Waals surface area contributed by atoms with Crippen molar-refractivity contribution in [3.63, 3.8) is 0 Å². The monoisotopic (exact) mass is 330 g/mol. The van der Waals surface area contributed by atoms with Crippen molar-refractivity contribution in [3.05, 3.63) is 72.1 Å². The van der Waals surface area contributed by atoms with Crippen LogP contribution in [0.1, 0.15) is 50.7 Å². The van der Waals surface area contributed by atoms with E-state index in [9.17, 15) is 0 Å². The van der Waals surface area contributed by atoms with Gasteiger partial charge in [0, 0.05) is 34.2 Å². The van der Waals surface area contributed by atoms with Crippen LogP contribution >= 0.6 is 0 Å². The van der Waals surface area contributed by atoms with Gasteiger partial charge in [0.05, 0.1) is 0 Å². The number of hydrogen-bond acceptors (Lipinski definition) is 0. The van der Waals surface area contributed by atoms with Gasteiger partial charge in [-0.1, -0.05) is 51.1 Å². The van der Waals surface area contributed by atoms with Gasteiger partial charge in [-0.3, -0.25) is 0 Å². The van der Waals surface area contributed by atoms with E-state index in [0.29, 0.717) is 5.92 Å². The van der Waals surface area contributed by atoms with Crippen LogP contribution in [0.2, 0.25) is 0 Å². The fourth-order valence-corrected chi connectivity index (χ4v) is 4.04. The summed E-state index contributed by atoms with van der Waals surface area (Å²) in [5.41, 5.74) is 5.50. The zero-order chi connectivity index (χ0) is 17.4. The first kappa shape index (κ1) is 16.0. The summed E-state index contributed by atoms with van der Waals surface area (Å²) in [7, 11) is 0. The lowest BCUT2D eigenvalue weighted by Crippen LogP contribution is -2.17. The molecule has 0 amide bonds. The van der Waals surface area contributed by atoms with Crippen LogP contribution < -0.4 is 0 Å². The molecular formula is C23H26N2. The molecule has 2 nitrogen and oxygen atoms in total. The summed E-state index contributed by atoms with van der Waals surface area (Å²) >= 11 is 0. The lowest BCUT2D eigenvalue weighted by Gasteiger charge is -2.26. The van der Waals surface area contributed by atoms with E-state index in [-0.39, 0.29) is 5.41 Å². The predicted molar refractivity (Wildman–Crippen MR) is 107 cm³/mol. The highest BCUT2D eigenvalue weighted by molar-refractivity contribution is 5.84. The van der Waals surface area contributed by atoms with E-state index in [1.54, 1.807) is 0 Å². The second-order valence-corrected chi connectivity index (χ2v) is 7.86. The number of nitrogens with one attached hydrogen (secondary N) is 2. The number of H-pyrrole nitrogens is 2. The Morgan fingerprint density at radius 3 is 2.52 bits per heavy atom. The minimum Gasteiger partial charge on any atom is -0.361 e. The second-order valence-electron chi connectivity index (χ2n) is 7.86. The SMILES string of the molecule is CC(CCC(C)(C)c1c[nH]c2ccccc12)c1cccc2[nH]ccc12. The van der Waals surface area contributed by atoms with Crippen molar-refractivity contribution in [3.8, 4) is 0 Å². The van der Waals surface area contributed by atoms with Crippen LogP contribution in [-0.4, -0.2) is 9.97 Å². The van der Waals surface area contributed by atoms with Gasteiger partial charge in [0.25, 0.3) is 0 Å². The molecule has 0 aliphatic carbocycles. The Bertz CT molecular complexity index is 1000. The van der Waals surface area contributed by atoms with Gasteiger partial charge >= 0.3 is 0 Å². The van der Waals surface area contributed by atoms with Gasteiger partial charge in [-0.2, -0.15) is 0 Å². The number of para-hydroxylation sites is 1. The van der Waals surface area contributed by atoms with Crippen LogP contribution in [0.5, 0.6) is 0 Å². The fourth-order valence-electron chi connectivity index (χ4n) is 4.04. The Balaban J connectivity index is 1.56. The average Bonchev–Trinajstić information content (AvgIpc) is 3.26. The molecule has 0 saturated heterocycles. The van der Waals surface area contributed by atoms with Gasteiger partial charge in [-0.25, -0.2) is 0 Å². The van der Waals surface area contributed by atoms with Crippen LogP contribution in [0.15, 0.2) is 60.9 Å². The van der Waals surface area contributed by atoms with Crippen LogP contribution in [0, 0.1) is 0 Å². The van der Waals surface area contributed by atoms with Crippen molar-refractivity contribution < 1.29 is 0 Å². The minimum absolute atomic E-state index is 0.153. The van der Waals surface area contributed by atoms with Crippen LogP contribution in [-0.2, 0) is 5.41 Å². The van der Waals surface area contributed by atoms with Crippen molar-refractivity contribution in [1.29, 1.82) is 0 Å². The highest BCUT2D eigenvalue weighted by Crippen LogP contribution is 2.37. The average molecular weight is 330 g/mol. The van der Waals surface area contributed by atoms with Gasteiger partial charge in [0.1, 0.15) is 0 Å². The number of aromatic amines is 2. The summed E-state index contributed by atoms with van der Waals surface area (Å²) in [6, 6.07) is 17.4. The third-order valence-corrected chi connectivity index (χ3v) is 5.68. The first-order valence-electron chi connectivity index (χ1n) is 9.19. The van der Waals surface area contributed by atoms with Crippen LogP contribution in [0.4, 0.5) is 0 Å². The van der Waals surface area contributed by atoms with Gasteiger partial charge in [-0.05, 0) is 53.5 Å². The largest absolute Gasteiger partial charge is 0.361 e. The number of rotatable bonds is 5. The summed E-state index contributed by atoms with van der Waals surface area (Å²) < 4.78 is 0. The predicted octanol–water partition coefficient (Wildman–Crippen LogP) is 6.51. The topological polar surface area (TPSA) is 31.6 Å². The lowest BCUT2D eigenvalue weighted by molar-refractivity contribution is 0.443. The Morgan fingerprint density at radius 1 is 0.880 bits per heavy atom. The molecule has 1 unspecified atom stereocenters. The van der Waals surface area contributed by atoms with Crippen molar-refractivity contribution in [2.75, 3.05) is 0 Å². The Labute approximate surface area is 149 Å². The molecule has 0 radical (unpaired) electrons. The molecule has 2 heteroatoms. The Hall–Kier alpha value is -2.48. The second kappa shape index (κ2) is 6.11. The van der Waals surface area contributed by atoms with Gasteiger partial charge in [-0.15, -0.1) is 0 Å². The highest BCUT2D eigenvalue weighted by Gasteiger charge is 2.25. The van der Waals surface area contributed by atoms with Crippen LogP contribution in [0.25, 0.3) is 21.8 Å². The molecule has 0 spiro atoms. The molecule has 4 rings (SSSR count). The quantitative estimate of drug-likeness (QED) is 0.418. The standard InChI is InChI=1S/C23H26N2/c1-16(17-8-6-10-21-18(17)12-14-24-21)11-13-23(2,3)20-15-25-22-9-5-4-7-19(20)22/h4-10,12,14-16,24-25H,11,13H2,1-3H3. The third-order valence-electron chi connectivity index (χ3n) is 5.68. The molecule has 0 bridgehead atoms. The Kier molecular flexibility index (Phi) is 3.91. The van der Waals surface area contributed by atoms with Gasteiger partial charge in [0.15, 0.2) is 0 Å². The number of hydrogen-bond donors (Lipinski definition) is 2. The molecule has 0 saturated carbocycles. The molecule has 4 aromatic rings. The molecule has 0 aliphatic rings. The molecular weight excluding hydrogens is 304 g/mol. The van der Waals surface area contributed by atoms with Crippen LogP contribution in [0.3, 0.4) is 0 Å². The zero-order valence-electron chi connectivity index (χ0n) is 15.3. The summed E-state index contributed by atoms with van der Waals surface area (Å²) in [5, 5.41) is 2.72. The molecule has 1 atom stereocenters. The maximum Gasteiger partial charge on any atom is 0.0457 e. The highest BCUT2D eigenvalue weighted by atomic mass is 14.7. The molecule has 25 heavy (non-hydrogen) atoms. The number of benzene rings is 2. The smallest absolute Gasteiger partial charge is 0.0457 e. The molecule has 2 aromatic carbocycles. The third kappa shape index (κ3) is 2.86. The minimum atomic E-state index is 0.153. The number of fused-ring (bicyclic) bond motifs is 2. The van der Waals surface area contributed by atoms with E-state index < -0.39 is 0 Å². The fraction of sp³-hybridized carbons (Fsp3) is 0.304. The first-order valence-corrected chi connectivity index (χ1v) is 9.19. The summed E-state index contributed by atoms with van der Waals surface area (Å²) in [6.45, 7) is 7.09. The van der Waals surface area contributed by atoms with E-state index in [0.717, 1.165) is 6.42 Å². The lowest BCUT2D eigenvalue weighted by atomic mass is 9.77. The van der Waals surface area contributed by atoms with E-state index in [4.69, 9.17) is 0 Å². The molecule has 0 aliphatic heterocycles. The van der Waals surface area contributed by atoms with E-state index in [1.165, 1.54) is 39.4 Å². The van der Waals surface area contributed by atoms with Crippen molar-refractivity contribution in [1.82, 2.24) is 9.97 Å². The van der Waals surface area contributed by atoms with E-state index >= 15 is 0 Å². The molecule has 2 N–H and O–H groups in total. The van der Waals surface area contributed by atoms with Gasteiger partial charge in [0.2, 0.25) is 0 Å². The maximum absolute atomic E-state index is 3.43. The number of aromatic nitrogens is 2.